The molecule has 0 heterocycles. The van der Waals surface area contributed by atoms with Crippen molar-refractivity contribution in [2.45, 2.75) is 6.92 Å². The number of hydrogen-bond donors (Lipinski definition) is 2. The van der Waals surface area contributed by atoms with E-state index in [-0.39, 0.29) is 5.75 Å². The van der Waals surface area contributed by atoms with Crippen LogP contribution >= 0.6 is 0 Å². The molecule has 0 fully saturated rings. The Hall–Kier alpha value is -1.28. The van der Waals surface area contributed by atoms with E-state index in [2.05, 4.69) is 4.72 Å². The van der Waals surface area contributed by atoms with Crippen molar-refractivity contribution in [3.63, 3.8) is 0 Å². The third-order valence-electron chi connectivity index (χ3n) is 2.20. The lowest BCUT2D eigenvalue weighted by Crippen LogP contribution is -2.22. The SMILES string of the molecule is Cc1cc(O)ccc1NS(=O)(=O)CCS(C)(=O)=O. The maximum absolute atomic E-state index is 11.6. The van der Waals surface area contributed by atoms with Crippen LogP contribution in [0.25, 0.3) is 0 Å². The van der Waals surface area contributed by atoms with E-state index < -0.39 is 31.4 Å². The molecule has 0 aliphatic heterocycles. The molecule has 0 radical (unpaired) electrons. The molecule has 6 nitrogen and oxygen atoms in total. The molecule has 0 unspecified atom stereocenters. The fraction of sp³-hybridized carbons (Fsp3) is 0.400. The van der Waals surface area contributed by atoms with Crippen molar-refractivity contribution < 1.29 is 21.9 Å². The predicted octanol–water partition coefficient (Wildman–Crippen LogP) is 0.487. The van der Waals surface area contributed by atoms with Crippen molar-refractivity contribution >= 4 is 25.5 Å². The van der Waals surface area contributed by atoms with Gasteiger partial charge in [-0.25, -0.2) is 16.8 Å². The summed E-state index contributed by atoms with van der Waals surface area (Å²) >= 11 is 0. The van der Waals surface area contributed by atoms with Crippen molar-refractivity contribution in [3.05, 3.63) is 23.8 Å². The van der Waals surface area contributed by atoms with Gasteiger partial charge < -0.3 is 5.11 Å². The summed E-state index contributed by atoms with van der Waals surface area (Å²) in [5, 5.41) is 9.19. The molecule has 0 amide bonds. The first-order chi connectivity index (χ1) is 8.09. The normalized spacial score (nSPS) is 12.3. The van der Waals surface area contributed by atoms with E-state index in [9.17, 15) is 21.9 Å². The standard InChI is InChI=1S/C10H15NO5S2/c1-8-7-9(12)3-4-10(8)11-18(15,16)6-5-17(2,13)14/h3-4,7,11-12H,5-6H2,1-2H3. The number of sulfone groups is 1. The van der Waals surface area contributed by atoms with Gasteiger partial charge in [-0.1, -0.05) is 0 Å². The summed E-state index contributed by atoms with van der Waals surface area (Å²) in [5.41, 5.74) is 0.874. The van der Waals surface area contributed by atoms with Crippen LogP contribution in [0.4, 0.5) is 5.69 Å². The summed E-state index contributed by atoms with van der Waals surface area (Å²) in [7, 11) is -7.04. The maximum Gasteiger partial charge on any atom is 0.233 e. The Labute approximate surface area is 107 Å². The van der Waals surface area contributed by atoms with Gasteiger partial charge in [-0.3, -0.25) is 4.72 Å². The number of phenolic OH excluding ortho intramolecular Hbond substituents is 1. The van der Waals surface area contributed by atoms with Crippen molar-refractivity contribution in [2.24, 2.45) is 0 Å². The summed E-state index contributed by atoms with van der Waals surface area (Å²) in [6.45, 7) is 1.63. The maximum atomic E-state index is 11.6. The zero-order valence-corrected chi connectivity index (χ0v) is 11.7. The van der Waals surface area contributed by atoms with E-state index in [1.54, 1.807) is 6.92 Å². The van der Waals surface area contributed by atoms with Crippen molar-refractivity contribution in [1.29, 1.82) is 0 Å². The monoisotopic (exact) mass is 293 g/mol. The molecule has 0 saturated carbocycles. The lowest BCUT2D eigenvalue weighted by atomic mass is 10.2. The number of nitrogens with one attached hydrogen (secondary N) is 1. The van der Waals surface area contributed by atoms with Gasteiger partial charge in [0.15, 0.2) is 0 Å². The highest BCUT2D eigenvalue weighted by atomic mass is 32.2. The summed E-state index contributed by atoms with van der Waals surface area (Å²) in [6, 6.07) is 4.18. The highest BCUT2D eigenvalue weighted by Crippen LogP contribution is 2.21. The van der Waals surface area contributed by atoms with Crippen LogP contribution in [0.2, 0.25) is 0 Å². The number of phenols is 1. The van der Waals surface area contributed by atoms with Gasteiger partial charge in [0.1, 0.15) is 15.6 Å². The van der Waals surface area contributed by atoms with Crippen molar-refractivity contribution in [2.75, 3.05) is 22.5 Å². The molecule has 102 valence electrons. The summed E-state index contributed by atoms with van der Waals surface area (Å²) in [6.07, 6.45) is 0.980. The van der Waals surface area contributed by atoms with Gasteiger partial charge in [-0.2, -0.15) is 0 Å². The molecular formula is C10H15NO5S2. The molecule has 1 rings (SSSR count). The van der Waals surface area contributed by atoms with Gasteiger partial charge in [0.05, 0.1) is 17.2 Å². The van der Waals surface area contributed by atoms with Crippen LogP contribution in [-0.2, 0) is 19.9 Å². The molecular weight excluding hydrogens is 278 g/mol. The van der Waals surface area contributed by atoms with Crippen LogP contribution in [0.15, 0.2) is 18.2 Å². The zero-order valence-electron chi connectivity index (χ0n) is 10.0. The summed E-state index contributed by atoms with van der Waals surface area (Å²) in [4.78, 5) is 0. The lowest BCUT2D eigenvalue weighted by molar-refractivity contribution is 0.475. The Morgan fingerprint density at radius 2 is 1.78 bits per heavy atom. The van der Waals surface area contributed by atoms with Gasteiger partial charge in [-0.15, -0.1) is 0 Å². The van der Waals surface area contributed by atoms with Gasteiger partial charge in [0, 0.05) is 6.26 Å². The van der Waals surface area contributed by atoms with E-state index in [4.69, 9.17) is 0 Å². The van der Waals surface area contributed by atoms with Crippen LogP contribution in [-0.4, -0.2) is 39.7 Å². The molecule has 0 spiro atoms. The number of anilines is 1. The fourth-order valence-corrected chi connectivity index (χ4v) is 4.00. The smallest absolute Gasteiger partial charge is 0.233 e. The Morgan fingerprint density at radius 3 is 2.28 bits per heavy atom. The van der Waals surface area contributed by atoms with E-state index in [0.29, 0.717) is 11.3 Å². The number of aromatic hydroxyl groups is 1. The lowest BCUT2D eigenvalue weighted by Gasteiger charge is -2.10. The Balaban J connectivity index is 2.83. The third-order valence-corrected chi connectivity index (χ3v) is 4.67. The van der Waals surface area contributed by atoms with Crippen molar-refractivity contribution in [1.82, 2.24) is 0 Å². The van der Waals surface area contributed by atoms with Gasteiger partial charge in [0.25, 0.3) is 0 Å². The molecule has 1 aromatic rings. The Kier molecular flexibility index (Phi) is 4.23. The summed E-state index contributed by atoms with van der Waals surface area (Å²) < 4.78 is 47.4. The van der Waals surface area contributed by atoms with Crippen LogP contribution in [0.1, 0.15) is 5.56 Å². The number of benzene rings is 1. The van der Waals surface area contributed by atoms with Crippen molar-refractivity contribution in [3.8, 4) is 5.75 Å². The molecule has 8 heteroatoms. The number of rotatable bonds is 5. The molecule has 0 aliphatic rings. The second-order valence-electron chi connectivity index (χ2n) is 4.05. The van der Waals surface area contributed by atoms with E-state index in [0.717, 1.165) is 6.26 Å². The minimum Gasteiger partial charge on any atom is -0.508 e. The average Bonchev–Trinajstić information content (AvgIpc) is 2.19. The third kappa shape index (κ3) is 4.92. The van der Waals surface area contributed by atoms with E-state index >= 15 is 0 Å². The van der Waals surface area contributed by atoms with E-state index in [1.165, 1.54) is 18.2 Å². The van der Waals surface area contributed by atoms with Crippen LogP contribution < -0.4 is 4.72 Å². The number of aryl methyl sites for hydroxylation is 1. The van der Waals surface area contributed by atoms with Crippen LogP contribution in [0.3, 0.4) is 0 Å². The first-order valence-corrected chi connectivity index (χ1v) is 8.78. The fourth-order valence-electron chi connectivity index (χ4n) is 1.24. The van der Waals surface area contributed by atoms with Gasteiger partial charge >= 0.3 is 0 Å². The van der Waals surface area contributed by atoms with Crippen LogP contribution in [0.5, 0.6) is 5.75 Å². The molecule has 1 aromatic carbocycles. The molecule has 18 heavy (non-hydrogen) atoms. The topological polar surface area (TPSA) is 101 Å². The van der Waals surface area contributed by atoms with Crippen LogP contribution in [0, 0.1) is 6.92 Å². The van der Waals surface area contributed by atoms with Gasteiger partial charge in [-0.05, 0) is 30.7 Å². The molecule has 0 saturated heterocycles. The number of hydrogen-bond acceptors (Lipinski definition) is 5. The molecule has 2 N–H and O–H groups in total. The summed E-state index contributed by atoms with van der Waals surface area (Å²) in [5.74, 6) is -0.891. The number of sulfonamides is 1. The highest BCUT2D eigenvalue weighted by Gasteiger charge is 2.15. The minimum atomic E-state index is -3.71. The Bertz CT molecular complexity index is 634. The van der Waals surface area contributed by atoms with E-state index in [1.807, 2.05) is 0 Å². The molecule has 0 bridgehead atoms. The first-order valence-electron chi connectivity index (χ1n) is 5.07. The van der Waals surface area contributed by atoms with Gasteiger partial charge in [0.2, 0.25) is 10.0 Å². The highest BCUT2D eigenvalue weighted by molar-refractivity contribution is 7.95. The predicted molar refractivity (Wildman–Crippen MR) is 70.0 cm³/mol. The Morgan fingerprint density at radius 1 is 1.17 bits per heavy atom. The second-order valence-corrected chi connectivity index (χ2v) is 8.15. The quantitative estimate of drug-likeness (QED) is 0.769. The average molecular weight is 293 g/mol. The zero-order chi connectivity index (χ0) is 14.0. The minimum absolute atomic E-state index is 0.0339. The molecule has 0 aromatic heterocycles. The second kappa shape index (κ2) is 5.15. The molecule has 0 aliphatic carbocycles. The largest absolute Gasteiger partial charge is 0.508 e. The molecule has 0 atom stereocenters. The first kappa shape index (κ1) is 14.8.